The van der Waals surface area contributed by atoms with Gasteiger partial charge in [0.2, 0.25) is 0 Å². The van der Waals surface area contributed by atoms with E-state index in [0.717, 1.165) is 10.4 Å². The van der Waals surface area contributed by atoms with Gasteiger partial charge in [-0.15, -0.1) is 22.7 Å². The molecule has 0 atom stereocenters. The predicted octanol–water partition coefficient (Wildman–Crippen LogP) is 3.22. The molecule has 2 aromatic rings. The molecule has 0 N–H and O–H groups in total. The average Bonchev–Trinajstić information content (AvgIpc) is 2.85. The zero-order chi connectivity index (χ0) is 9.97. The Kier molecular flexibility index (Phi) is 2.32. The summed E-state index contributed by atoms with van der Waals surface area (Å²) < 4.78 is 0. The average molecular weight is 216 g/mol. The molecule has 0 fully saturated rings. The first-order chi connectivity index (χ1) is 6.86. The summed E-state index contributed by atoms with van der Waals surface area (Å²) in [6, 6.07) is 8.00. The Morgan fingerprint density at radius 3 is 2.57 bits per heavy atom. The summed E-state index contributed by atoms with van der Waals surface area (Å²) in [7, 11) is 0. The van der Waals surface area contributed by atoms with E-state index < -0.39 is 0 Å². The smallest absolute Gasteiger partial charge is 0.123 e. The fourth-order valence-electron chi connectivity index (χ4n) is 1.16. The molecule has 0 aromatic carbocycles. The lowest BCUT2D eigenvalue weighted by atomic mass is 10.1. The third-order valence-corrected chi connectivity index (χ3v) is 3.58. The summed E-state index contributed by atoms with van der Waals surface area (Å²) in [5, 5.41) is 21.5. The molecule has 14 heavy (non-hydrogen) atoms. The van der Waals surface area contributed by atoms with E-state index in [9.17, 15) is 0 Å². The zero-order valence-electron chi connectivity index (χ0n) is 7.02. The highest BCUT2D eigenvalue weighted by atomic mass is 32.1. The van der Waals surface area contributed by atoms with Crippen molar-refractivity contribution < 1.29 is 0 Å². The van der Waals surface area contributed by atoms with Crippen molar-refractivity contribution in [1.82, 2.24) is 0 Å². The van der Waals surface area contributed by atoms with Gasteiger partial charge in [0.05, 0.1) is 5.56 Å². The van der Waals surface area contributed by atoms with Gasteiger partial charge in [-0.2, -0.15) is 10.5 Å². The van der Waals surface area contributed by atoms with Gasteiger partial charge in [-0.05, 0) is 11.4 Å². The first kappa shape index (κ1) is 8.96. The molecule has 0 saturated carbocycles. The Bertz CT molecular complexity index is 523. The lowest BCUT2D eigenvalue weighted by Crippen LogP contribution is -1.77. The van der Waals surface area contributed by atoms with Gasteiger partial charge in [0.25, 0.3) is 0 Å². The topological polar surface area (TPSA) is 47.6 Å². The molecule has 0 aliphatic heterocycles. The molecule has 0 saturated heterocycles. The van der Waals surface area contributed by atoms with E-state index in [2.05, 4.69) is 6.07 Å². The quantitative estimate of drug-likeness (QED) is 0.734. The Morgan fingerprint density at radius 2 is 2.00 bits per heavy atom. The van der Waals surface area contributed by atoms with Crippen LogP contribution in [0.3, 0.4) is 0 Å². The number of hydrogen-bond acceptors (Lipinski definition) is 4. The summed E-state index contributed by atoms with van der Waals surface area (Å²) in [5.41, 5.74) is 1.38. The monoisotopic (exact) mass is 216 g/mol. The van der Waals surface area contributed by atoms with Crippen molar-refractivity contribution in [1.29, 1.82) is 10.5 Å². The number of thiophene rings is 2. The van der Waals surface area contributed by atoms with E-state index in [1.807, 2.05) is 29.0 Å². The predicted molar refractivity (Wildman–Crippen MR) is 57.1 cm³/mol. The summed E-state index contributed by atoms with van der Waals surface area (Å²) in [6.07, 6.45) is 0. The third kappa shape index (κ3) is 1.31. The maximum Gasteiger partial charge on any atom is 0.123 e. The van der Waals surface area contributed by atoms with Crippen LogP contribution in [0, 0.1) is 22.7 Å². The van der Waals surface area contributed by atoms with Crippen LogP contribution in [0.1, 0.15) is 10.4 Å². The minimum atomic E-state index is 0.496. The van der Waals surface area contributed by atoms with Crippen LogP contribution in [-0.2, 0) is 0 Å². The molecule has 0 spiro atoms. The molecule has 0 amide bonds. The molecule has 0 bridgehead atoms. The van der Waals surface area contributed by atoms with Crippen molar-refractivity contribution in [2.45, 2.75) is 0 Å². The third-order valence-electron chi connectivity index (χ3n) is 1.79. The van der Waals surface area contributed by atoms with Crippen molar-refractivity contribution in [3.8, 4) is 22.6 Å². The maximum absolute atomic E-state index is 8.93. The first-order valence-electron chi connectivity index (χ1n) is 3.82. The molecule has 0 aliphatic carbocycles. The standard InChI is InChI=1S/C10H4N2S2/c11-4-7-8(6-14-10(7)5-12)9-2-1-3-13-9/h1-3,6H. The second-order valence-electron chi connectivity index (χ2n) is 2.55. The molecular formula is C10H4N2S2. The molecule has 4 heteroatoms. The Labute approximate surface area is 89.3 Å². The molecule has 0 aliphatic rings. The molecule has 0 radical (unpaired) electrons. The number of nitriles is 2. The lowest BCUT2D eigenvalue weighted by Gasteiger charge is -1.91. The molecule has 2 nitrogen and oxygen atoms in total. The summed E-state index contributed by atoms with van der Waals surface area (Å²) >= 11 is 2.90. The van der Waals surface area contributed by atoms with Crippen molar-refractivity contribution in [3.63, 3.8) is 0 Å². The van der Waals surface area contributed by atoms with E-state index >= 15 is 0 Å². The van der Waals surface area contributed by atoms with Gasteiger partial charge in [-0.3, -0.25) is 0 Å². The molecule has 0 unspecified atom stereocenters. The van der Waals surface area contributed by atoms with Gasteiger partial charge >= 0.3 is 0 Å². The van der Waals surface area contributed by atoms with Gasteiger partial charge in [0.15, 0.2) is 0 Å². The zero-order valence-corrected chi connectivity index (χ0v) is 8.65. The van der Waals surface area contributed by atoms with Crippen LogP contribution in [0.15, 0.2) is 22.9 Å². The largest absolute Gasteiger partial charge is 0.192 e. The Morgan fingerprint density at radius 1 is 1.14 bits per heavy atom. The highest BCUT2D eigenvalue weighted by Gasteiger charge is 2.12. The second-order valence-corrected chi connectivity index (χ2v) is 4.38. The van der Waals surface area contributed by atoms with E-state index in [4.69, 9.17) is 10.5 Å². The minimum absolute atomic E-state index is 0.496. The van der Waals surface area contributed by atoms with Crippen molar-refractivity contribution in [3.05, 3.63) is 33.3 Å². The number of rotatable bonds is 1. The fourth-order valence-corrected chi connectivity index (χ4v) is 2.79. The lowest BCUT2D eigenvalue weighted by molar-refractivity contribution is 1.48. The van der Waals surface area contributed by atoms with Crippen LogP contribution in [0.2, 0.25) is 0 Å². The van der Waals surface area contributed by atoms with Crippen LogP contribution in [-0.4, -0.2) is 0 Å². The van der Waals surface area contributed by atoms with E-state index in [1.165, 1.54) is 11.3 Å². The highest BCUT2D eigenvalue weighted by Crippen LogP contribution is 2.33. The summed E-state index contributed by atoms with van der Waals surface area (Å²) in [6.45, 7) is 0. The first-order valence-corrected chi connectivity index (χ1v) is 5.58. The van der Waals surface area contributed by atoms with Gasteiger partial charge in [0, 0.05) is 15.8 Å². The van der Waals surface area contributed by atoms with E-state index in [1.54, 1.807) is 11.3 Å². The van der Waals surface area contributed by atoms with Crippen LogP contribution in [0.4, 0.5) is 0 Å². The SMILES string of the molecule is N#Cc1scc(-c2cccs2)c1C#N. The molecule has 2 heterocycles. The van der Waals surface area contributed by atoms with Gasteiger partial charge in [-0.25, -0.2) is 0 Å². The van der Waals surface area contributed by atoms with Gasteiger partial charge < -0.3 is 0 Å². The van der Waals surface area contributed by atoms with Gasteiger partial charge in [-0.1, -0.05) is 6.07 Å². The van der Waals surface area contributed by atoms with Gasteiger partial charge in [0.1, 0.15) is 17.0 Å². The fraction of sp³-hybridized carbons (Fsp3) is 0. The molecular weight excluding hydrogens is 212 g/mol. The summed E-state index contributed by atoms with van der Waals surface area (Å²) in [4.78, 5) is 1.54. The van der Waals surface area contributed by atoms with Crippen LogP contribution < -0.4 is 0 Å². The Hall–Kier alpha value is -1.62. The Balaban J connectivity index is 2.63. The van der Waals surface area contributed by atoms with E-state index in [0.29, 0.717) is 10.4 Å². The van der Waals surface area contributed by atoms with Crippen molar-refractivity contribution in [2.75, 3.05) is 0 Å². The number of nitrogens with zero attached hydrogens (tertiary/aromatic N) is 2. The minimum Gasteiger partial charge on any atom is -0.192 e. The van der Waals surface area contributed by atoms with Crippen LogP contribution in [0.5, 0.6) is 0 Å². The van der Waals surface area contributed by atoms with Crippen LogP contribution >= 0.6 is 22.7 Å². The summed E-state index contributed by atoms with van der Waals surface area (Å²) in [5.74, 6) is 0. The van der Waals surface area contributed by atoms with E-state index in [-0.39, 0.29) is 0 Å². The highest BCUT2D eigenvalue weighted by molar-refractivity contribution is 7.15. The van der Waals surface area contributed by atoms with Crippen LogP contribution in [0.25, 0.3) is 10.4 Å². The van der Waals surface area contributed by atoms with Crippen molar-refractivity contribution in [2.24, 2.45) is 0 Å². The normalized spacial score (nSPS) is 9.29. The maximum atomic E-state index is 8.93. The number of hydrogen-bond donors (Lipinski definition) is 0. The molecule has 2 rings (SSSR count). The molecule has 66 valence electrons. The molecule has 2 aromatic heterocycles. The second kappa shape index (κ2) is 3.63. The van der Waals surface area contributed by atoms with Crippen molar-refractivity contribution >= 4 is 22.7 Å².